The maximum atomic E-state index is 12.5. The Kier molecular flexibility index (Phi) is 3.60. The molecular weight excluding hydrogens is 282 g/mol. The van der Waals surface area contributed by atoms with E-state index in [2.05, 4.69) is 5.32 Å². The number of nitrogens with one attached hydrogen (secondary N) is 1. The first-order chi connectivity index (χ1) is 10.5. The Morgan fingerprint density at radius 2 is 1.86 bits per heavy atom. The molecule has 1 saturated carbocycles. The van der Waals surface area contributed by atoms with Crippen LogP contribution in [0.25, 0.3) is 0 Å². The lowest BCUT2D eigenvalue weighted by Gasteiger charge is -2.19. The number of benzene rings is 1. The second kappa shape index (κ2) is 5.44. The molecule has 1 saturated heterocycles. The highest BCUT2D eigenvalue weighted by atomic mass is 16.2. The molecule has 1 aromatic rings. The van der Waals surface area contributed by atoms with Gasteiger partial charge in [-0.1, -0.05) is 17.7 Å². The quantitative estimate of drug-likeness (QED) is 0.855. The van der Waals surface area contributed by atoms with Gasteiger partial charge in [-0.2, -0.15) is 0 Å². The summed E-state index contributed by atoms with van der Waals surface area (Å²) in [6.45, 7) is 3.43. The second-order valence-corrected chi connectivity index (χ2v) is 5.93. The third-order valence-electron chi connectivity index (χ3n) is 4.00. The first-order valence-corrected chi connectivity index (χ1v) is 7.48. The molecule has 1 N–H and O–H groups in total. The molecule has 1 aliphatic heterocycles. The summed E-state index contributed by atoms with van der Waals surface area (Å²) in [4.78, 5) is 39.1. The lowest BCUT2D eigenvalue weighted by atomic mass is 10.2. The van der Waals surface area contributed by atoms with Crippen LogP contribution in [0.1, 0.15) is 25.3 Å². The number of nitrogens with zero attached hydrogens (tertiary/aromatic N) is 2. The average Bonchev–Trinajstić information content (AvgIpc) is 3.26. The van der Waals surface area contributed by atoms with Crippen molar-refractivity contribution in [3.63, 3.8) is 0 Å². The maximum Gasteiger partial charge on any atom is 0.332 e. The van der Waals surface area contributed by atoms with E-state index in [1.807, 2.05) is 31.2 Å². The van der Waals surface area contributed by atoms with Crippen molar-refractivity contribution in [2.75, 3.05) is 11.4 Å². The predicted molar refractivity (Wildman–Crippen MR) is 81.4 cm³/mol. The molecule has 1 aliphatic carbocycles. The number of hydrogen-bond acceptors (Lipinski definition) is 3. The van der Waals surface area contributed by atoms with Crippen LogP contribution in [0.3, 0.4) is 0 Å². The fourth-order valence-electron chi connectivity index (χ4n) is 2.56. The SMILES string of the molecule is Cc1ccc(N2C(=O)N(CC(=O)NC3CC3)C(=O)C2C)cc1. The minimum absolute atomic E-state index is 0.207. The van der Waals surface area contributed by atoms with Crippen LogP contribution in [0.5, 0.6) is 0 Å². The highest BCUT2D eigenvalue weighted by Gasteiger charge is 2.44. The van der Waals surface area contributed by atoms with Crippen molar-refractivity contribution in [2.45, 2.75) is 38.8 Å². The molecule has 6 heteroatoms. The zero-order valence-electron chi connectivity index (χ0n) is 12.7. The van der Waals surface area contributed by atoms with Gasteiger partial charge in [0.05, 0.1) is 0 Å². The van der Waals surface area contributed by atoms with E-state index in [9.17, 15) is 14.4 Å². The van der Waals surface area contributed by atoms with Crippen molar-refractivity contribution in [2.24, 2.45) is 0 Å². The van der Waals surface area contributed by atoms with Gasteiger partial charge in [0.1, 0.15) is 12.6 Å². The van der Waals surface area contributed by atoms with E-state index in [1.54, 1.807) is 6.92 Å². The normalized spacial score (nSPS) is 21.5. The molecule has 4 amide bonds. The van der Waals surface area contributed by atoms with Crippen LogP contribution in [-0.4, -0.2) is 41.4 Å². The zero-order chi connectivity index (χ0) is 15.9. The van der Waals surface area contributed by atoms with Crippen LogP contribution in [0.4, 0.5) is 10.5 Å². The van der Waals surface area contributed by atoms with Gasteiger partial charge in [-0.05, 0) is 38.8 Å². The van der Waals surface area contributed by atoms with Gasteiger partial charge in [-0.15, -0.1) is 0 Å². The molecule has 0 aromatic heterocycles. The summed E-state index contributed by atoms with van der Waals surface area (Å²) in [6, 6.07) is 6.59. The molecular formula is C16H19N3O3. The third kappa shape index (κ3) is 2.68. The summed E-state index contributed by atoms with van der Waals surface area (Å²) in [5, 5.41) is 2.80. The molecule has 0 spiro atoms. The Hall–Kier alpha value is -2.37. The molecule has 1 heterocycles. The van der Waals surface area contributed by atoms with E-state index in [1.165, 1.54) is 4.90 Å². The van der Waals surface area contributed by atoms with Crippen LogP contribution in [0.15, 0.2) is 24.3 Å². The number of amides is 4. The Morgan fingerprint density at radius 3 is 2.45 bits per heavy atom. The fraction of sp³-hybridized carbons (Fsp3) is 0.438. The van der Waals surface area contributed by atoms with Crippen molar-refractivity contribution >= 4 is 23.5 Å². The molecule has 0 radical (unpaired) electrons. The number of imide groups is 1. The lowest BCUT2D eigenvalue weighted by Crippen LogP contribution is -2.42. The molecule has 22 heavy (non-hydrogen) atoms. The van der Waals surface area contributed by atoms with Crippen LogP contribution >= 0.6 is 0 Å². The monoisotopic (exact) mass is 301 g/mol. The number of carbonyl (C=O) groups excluding carboxylic acids is 3. The Bertz CT molecular complexity index is 622. The zero-order valence-corrected chi connectivity index (χ0v) is 12.7. The van der Waals surface area contributed by atoms with Gasteiger partial charge in [0.2, 0.25) is 5.91 Å². The van der Waals surface area contributed by atoms with Crippen molar-refractivity contribution in [3.8, 4) is 0 Å². The van der Waals surface area contributed by atoms with E-state index in [0.717, 1.165) is 23.3 Å². The van der Waals surface area contributed by atoms with Crippen LogP contribution in [-0.2, 0) is 9.59 Å². The topological polar surface area (TPSA) is 69.7 Å². The number of carbonyl (C=O) groups is 3. The molecule has 6 nitrogen and oxygen atoms in total. The Balaban J connectivity index is 1.76. The van der Waals surface area contributed by atoms with Crippen molar-refractivity contribution in [1.29, 1.82) is 0 Å². The first kappa shape index (κ1) is 14.6. The summed E-state index contributed by atoms with van der Waals surface area (Å²) >= 11 is 0. The van der Waals surface area contributed by atoms with Gasteiger partial charge in [-0.3, -0.25) is 19.4 Å². The molecule has 116 valence electrons. The second-order valence-electron chi connectivity index (χ2n) is 5.93. The van der Waals surface area contributed by atoms with Crippen LogP contribution < -0.4 is 10.2 Å². The Morgan fingerprint density at radius 1 is 1.23 bits per heavy atom. The van der Waals surface area contributed by atoms with Gasteiger partial charge >= 0.3 is 6.03 Å². The van der Waals surface area contributed by atoms with E-state index >= 15 is 0 Å². The van der Waals surface area contributed by atoms with Crippen LogP contribution in [0, 0.1) is 6.92 Å². The van der Waals surface area contributed by atoms with E-state index in [4.69, 9.17) is 0 Å². The Labute approximate surface area is 129 Å². The molecule has 2 fully saturated rings. The summed E-state index contributed by atoms with van der Waals surface area (Å²) in [7, 11) is 0. The van der Waals surface area contributed by atoms with Crippen molar-refractivity contribution in [1.82, 2.24) is 10.2 Å². The minimum Gasteiger partial charge on any atom is -0.352 e. The molecule has 3 rings (SSSR count). The van der Waals surface area contributed by atoms with E-state index < -0.39 is 12.1 Å². The number of urea groups is 1. The molecule has 1 unspecified atom stereocenters. The molecule has 0 bridgehead atoms. The van der Waals surface area contributed by atoms with Gasteiger partial charge in [0, 0.05) is 11.7 Å². The fourth-order valence-corrected chi connectivity index (χ4v) is 2.56. The number of anilines is 1. The maximum absolute atomic E-state index is 12.5. The van der Waals surface area contributed by atoms with Gasteiger partial charge < -0.3 is 5.32 Å². The van der Waals surface area contributed by atoms with Crippen LogP contribution in [0.2, 0.25) is 0 Å². The predicted octanol–water partition coefficient (Wildman–Crippen LogP) is 1.43. The summed E-state index contributed by atoms with van der Waals surface area (Å²) in [5.41, 5.74) is 1.75. The summed E-state index contributed by atoms with van der Waals surface area (Å²) in [5.74, 6) is -0.612. The average molecular weight is 301 g/mol. The molecule has 2 aliphatic rings. The highest BCUT2D eigenvalue weighted by molar-refractivity contribution is 6.15. The number of rotatable bonds is 4. The van der Waals surface area contributed by atoms with Gasteiger partial charge in [0.15, 0.2) is 0 Å². The minimum atomic E-state index is -0.594. The lowest BCUT2D eigenvalue weighted by molar-refractivity contribution is -0.131. The molecule has 1 aromatic carbocycles. The van der Waals surface area contributed by atoms with E-state index in [0.29, 0.717) is 5.69 Å². The molecule has 1 atom stereocenters. The summed E-state index contributed by atoms with van der Waals surface area (Å²) in [6.07, 6.45) is 1.94. The van der Waals surface area contributed by atoms with Crippen molar-refractivity contribution in [3.05, 3.63) is 29.8 Å². The van der Waals surface area contributed by atoms with Crippen molar-refractivity contribution < 1.29 is 14.4 Å². The number of hydrogen-bond donors (Lipinski definition) is 1. The highest BCUT2D eigenvalue weighted by Crippen LogP contribution is 2.26. The smallest absolute Gasteiger partial charge is 0.332 e. The largest absolute Gasteiger partial charge is 0.352 e. The van der Waals surface area contributed by atoms with Gasteiger partial charge in [0.25, 0.3) is 5.91 Å². The standard InChI is InChI=1S/C16H19N3O3/c1-10-3-7-13(8-4-10)19-11(2)15(21)18(16(19)22)9-14(20)17-12-5-6-12/h3-4,7-8,11-12H,5-6,9H2,1-2H3,(H,17,20). The summed E-state index contributed by atoms with van der Waals surface area (Å²) < 4.78 is 0. The number of aryl methyl sites for hydroxylation is 1. The van der Waals surface area contributed by atoms with E-state index in [-0.39, 0.29) is 24.4 Å². The van der Waals surface area contributed by atoms with Gasteiger partial charge in [-0.25, -0.2) is 4.79 Å². The third-order valence-corrected chi connectivity index (χ3v) is 4.00. The first-order valence-electron chi connectivity index (χ1n) is 7.48.